The van der Waals surface area contributed by atoms with Gasteiger partial charge in [0.15, 0.2) is 17.3 Å². The van der Waals surface area contributed by atoms with Gasteiger partial charge in [-0.15, -0.1) is 10.2 Å². The van der Waals surface area contributed by atoms with Crippen molar-refractivity contribution in [3.8, 4) is 23.0 Å². The Labute approximate surface area is 168 Å². The fourth-order valence-corrected chi connectivity index (χ4v) is 3.44. The molecule has 1 heterocycles. The molecule has 3 rings (SSSR count). The van der Waals surface area contributed by atoms with Crippen LogP contribution in [0.25, 0.3) is 11.5 Å². The molecule has 6 nitrogen and oxygen atoms in total. The van der Waals surface area contributed by atoms with Gasteiger partial charge in [-0.05, 0) is 56.2 Å². The molecule has 1 unspecified atom stereocenters. The summed E-state index contributed by atoms with van der Waals surface area (Å²) in [7, 11) is 3.14. The van der Waals surface area contributed by atoms with Crippen LogP contribution >= 0.6 is 11.8 Å². The Balaban J connectivity index is 1.75. The molecule has 0 fully saturated rings. The molecule has 1 aromatic heterocycles. The molecule has 0 saturated heterocycles. The number of aromatic nitrogens is 2. The van der Waals surface area contributed by atoms with Crippen molar-refractivity contribution in [2.24, 2.45) is 0 Å². The van der Waals surface area contributed by atoms with Crippen LogP contribution in [0.4, 0.5) is 0 Å². The molecule has 0 N–H and O–H groups in total. The number of nitrogens with zero attached hydrogens (tertiary/aromatic N) is 2. The first kappa shape index (κ1) is 19.9. The minimum atomic E-state index is -0.346. The van der Waals surface area contributed by atoms with Gasteiger partial charge in [-0.2, -0.15) is 0 Å². The van der Waals surface area contributed by atoms with Crippen molar-refractivity contribution in [3.05, 3.63) is 53.1 Å². The molecule has 0 aliphatic heterocycles. The highest BCUT2D eigenvalue weighted by atomic mass is 32.2. The Morgan fingerprint density at radius 1 is 1.00 bits per heavy atom. The van der Waals surface area contributed by atoms with Gasteiger partial charge in [0.25, 0.3) is 5.22 Å². The summed E-state index contributed by atoms with van der Waals surface area (Å²) in [5.41, 5.74) is 3.65. The van der Waals surface area contributed by atoms with Gasteiger partial charge in [-0.3, -0.25) is 4.79 Å². The number of benzene rings is 2. The fraction of sp³-hybridized carbons (Fsp3) is 0.286. The van der Waals surface area contributed by atoms with E-state index in [4.69, 9.17) is 13.9 Å². The normalized spacial score (nSPS) is 11.9. The lowest BCUT2D eigenvalue weighted by Gasteiger charge is -2.09. The largest absolute Gasteiger partial charge is 0.493 e. The highest BCUT2D eigenvalue weighted by molar-refractivity contribution is 8.00. The zero-order chi connectivity index (χ0) is 20.3. The van der Waals surface area contributed by atoms with Crippen LogP contribution in [0.1, 0.15) is 28.4 Å². The minimum absolute atomic E-state index is 0.0268. The van der Waals surface area contributed by atoms with Crippen LogP contribution < -0.4 is 9.47 Å². The van der Waals surface area contributed by atoms with E-state index in [0.717, 1.165) is 11.1 Å². The number of ketones is 1. The van der Waals surface area contributed by atoms with Crippen LogP contribution in [0.3, 0.4) is 0 Å². The second kappa shape index (κ2) is 8.48. The topological polar surface area (TPSA) is 74.5 Å². The van der Waals surface area contributed by atoms with Crippen molar-refractivity contribution in [1.82, 2.24) is 10.2 Å². The van der Waals surface area contributed by atoms with E-state index in [2.05, 4.69) is 10.2 Å². The molecule has 28 heavy (non-hydrogen) atoms. The second-order valence-corrected chi connectivity index (χ2v) is 7.66. The molecule has 0 radical (unpaired) electrons. The van der Waals surface area contributed by atoms with E-state index in [9.17, 15) is 4.79 Å². The maximum absolute atomic E-state index is 12.7. The van der Waals surface area contributed by atoms with Crippen molar-refractivity contribution < 1.29 is 18.7 Å². The maximum atomic E-state index is 12.7. The number of carbonyl (C=O) groups excluding carboxylic acids is 1. The van der Waals surface area contributed by atoms with Gasteiger partial charge in [-0.1, -0.05) is 23.9 Å². The van der Waals surface area contributed by atoms with Gasteiger partial charge in [0.05, 0.1) is 19.5 Å². The van der Waals surface area contributed by atoms with E-state index in [-0.39, 0.29) is 11.0 Å². The van der Waals surface area contributed by atoms with E-state index in [1.165, 1.54) is 11.8 Å². The smallest absolute Gasteiger partial charge is 0.277 e. The molecule has 0 spiro atoms. The summed E-state index contributed by atoms with van der Waals surface area (Å²) in [6, 6.07) is 11.1. The highest BCUT2D eigenvalue weighted by Gasteiger charge is 2.21. The van der Waals surface area contributed by atoms with Gasteiger partial charge in [0.1, 0.15) is 0 Å². The van der Waals surface area contributed by atoms with Crippen molar-refractivity contribution in [2.75, 3.05) is 14.2 Å². The zero-order valence-corrected chi connectivity index (χ0v) is 17.3. The number of rotatable bonds is 7. The van der Waals surface area contributed by atoms with E-state index in [1.807, 2.05) is 45.0 Å². The monoisotopic (exact) mass is 398 g/mol. The summed E-state index contributed by atoms with van der Waals surface area (Å²) >= 11 is 1.24. The van der Waals surface area contributed by atoms with E-state index in [0.29, 0.717) is 33.7 Å². The van der Waals surface area contributed by atoms with Crippen LogP contribution in [0.15, 0.2) is 46.0 Å². The molecular formula is C21H22N2O4S. The fourth-order valence-electron chi connectivity index (χ4n) is 2.68. The van der Waals surface area contributed by atoms with Crippen molar-refractivity contribution in [2.45, 2.75) is 31.2 Å². The Hall–Kier alpha value is -2.80. The Morgan fingerprint density at radius 3 is 2.43 bits per heavy atom. The predicted molar refractivity (Wildman–Crippen MR) is 108 cm³/mol. The van der Waals surface area contributed by atoms with Gasteiger partial charge < -0.3 is 13.9 Å². The summed E-state index contributed by atoms with van der Waals surface area (Å²) in [5, 5.41) is 8.14. The van der Waals surface area contributed by atoms with Crippen LogP contribution in [0.5, 0.6) is 11.5 Å². The summed E-state index contributed by atoms with van der Waals surface area (Å²) < 4.78 is 16.3. The Bertz CT molecular complexity index is 1000. The molecule has 0 bridgehead atoms. The Morgan fingerprint density at radius 2 is 1.75 bits per heavy atom. The summed E-state index contributed by atoms with van der Waals surface area (Å²) in [5.74, 6) is 1.58. The number of ether oxygens (including phenoxy) is 2. The highest BCUT2D eigenvalue weighted by Crippen LogP contribution is 2.33. The van der Waals surface area contributed by atoms with Gasteiger partial charge in [0, 0.05) is 11.1 Å². The number of methoxy groups -OCH3 is 2. The van der Waals surface area contributed by atoms with E-state index in [1.54, 1.807) is 26.4 Å². The number of Topliss-reactive ketones (excluding diaryl/α,β-unsaturated/α-hetero) is 1. The van der Waals surface area contributed by atoms with Crippen LogP contribution in [0, 0.1) is 13.8 Å². The lowest BCUT2D eigenvalue weighted by Crippen LogP contribution is -2.13. The van der Waals surface area contributed by atoms with Crippen molar-refractivity contribution in [1.29, 1.82) is 0 Å². The van der Waals surface area contributed by atoms with Crippen molar-refractivity contribution >= 4 is 17.5 Å². The molecule has 0 aliphatic carbocycles. The third kappa shape index (κ3) is 4.20. The number of hydrogen-bond acceptors (Lipinski definition) is 7. The van der Waals surface area contributed by atoms with Crippen LogP contribution in [0.2, 0.25) is 0 Å². The van der Waals surface area contributed by atoms with Gasteiger partial charge in [0.2, 0.25) is 5.89 Å². The van der Waals surface area contributed by atoms with Gasteiger partial charge in [-0.25, -0.2) is 0 Å². The standard InChI is InChI=1S/C21H22N2O4S/c1-12-6-7-15(10-13(12)2)19(24)14(3)28-21-23-22-20(27-21)16-8-9-17(25-4)18(11-16)26-5/h6-11,14H,1-5H3. The number of thioether (sulfide) groups is 1. The average molecular weight is 398 g/mol. The SMILES string of the molecule is COc1ccc(-c2nnc(SC(C)C(=O)c3ccc(C)c(C)c3)o2)cc1OC. The quantitative estimate of drug-likeness (QED) is 0.420. The number of hydrogen-bond donors (Lipinski definition) is 0. The first-order valence-electron chi connectivity index (χ1n) is 8.77. The average Bonchev–Trinajstić information content (AvgIpc) is 3.17. The summed E-state index contributed by atoms with van der Waals surface area (Å²) in [4.78, 5) is 12.7. The maximum Gasteiger partial charge on any atom is 0.277 e. The Kier molecular flexibility index (Phi) is 6.04. The van der Waals surface area contributed by atoms with Gasteiger partial charge >= 0.3 is 0 Å². The van der Waals surface area contributed by atoms with Crippen LogP contribution in [-0.2, 0) is 0 Å². The minimum Gasteiger partial charge on any atom is -0.493 e. The number of aryl methyl sites for hydroxylation is 2. The summed E-state index contributed by atoms with van der Waals surface area (Å²) in [6.07, 6.45) is 0. The van der Waals surface area contributed by atoms with Crippen LogP contribution in [-0.4, -0.2) is 35.5 Å². The predicted octanol–water partition coefficient (Wildman–Crippen LogP) is 4.73. The molecule has 0 amide bonds. The lowest BCUT2D eigenvalue weighted by molar-refractivity contribution is 0.0993. The molecule has 1 atom stereocenters. The molecule has 146 valence electrons. The third-order valence-electron chi connectivity index (χ3n) is 4.48. The zero-order valence-electron chi connectivity index (χ0n) is 16.5. The molecule has 0 saturated carbocycles. The van der Waals surface area contributed by atoms with Crippen molar-refractivity contribution in [3.63, 3.8) is 0 Å². The number of carbonyl (C=O) groups is 1. The third-order valence-corrected chi connectivity index (χ3v) is 5.41. The van der Waals surface area contributed by atoms with E-state index < -0.39 is 0 Å². The van der Waals surface area contributed by atoms with E-state index >= 15 is 0 Å². The molecule has 2 aromatic carbocycles. The molecule has 7 heteroatoms. The first-order chi connectivity index (χ1) is 13.4. The second-order valence-electron chi connectivity index (χ2n) is 6.37. The molecular weight excluding hydrogens is 376 g/mol. The molecule has 3 aromatic rings. The first-order valence-corrected chi connectivity index (χ1v) is 9.65. The lowest BCUT2D eigenvalue weighted by atomic mass is 10.0. The molecule has 0 aliphatic rings. The summed E-state index contributed by atoms with van der Waals surface area (Å²) in [6.45, 7) is 5.86.